The average Bonchev–Trinajstić information content (AvgIpc) is 2.94. The van der Waals surface area contributed by atoms with Crippen LogP contribution < -0.4 is 20.9 Å². The van der Waals surface area contributed by atoms with E-state index in [4.69, 9.17) is 20.9 Å². The predicted octanol–water partition coefficient (Wildman–Crippen LogP) is 10.0. The Labute approximate surface area is 252 Å². The van der Waals surface area contributed by atoms with Crippen molar-refractivity contribution >= 4 is 11.4 Å². The van der Waals surface area contributed by atoms with Crippen LogP contribution in [0.25, 0.3) is 0 Å². The van der Waals surface area contributed by atoms with E-state index in [1.807, 2.05) is 48.5 Å². The SMILES string of the molecule is Cc1cc(C2(c3cc(C)c(Oc4ccc(N)cc4)c(C)c3)CC(C)CCC2C(C)C)cc(C)c1Oc1ccc(N)cc1. The zero-order chi connectivity index (χ0) is 30.2. The predicted molar refractivity (Wildman–Crippen MR) is 176 cm³/mol. The molecule has 1 aliphatic carbocycles. The van der Waals surface area contributed by atoms with E-state index in [0.29, 0.717) is 17.8 Å². The van der Waals surface area contributed by atoms with Crippen LogP contribution in [0.2, 0.25) is 0 Å². The molecular formula is C38H46N2O2. The maximum atomic E-state index is 6.41. The lowest BCUT2D eigenvalue weighted by Gasteiger charge is -2.50. The molecule has 1 fully saturated rings. The monoisotopic (exact) mass is 562 g/mol. The molecule has 5 rings (SSSR count). The molecule has 4 nitrogen and oxygen atoms in total. The van der Waals surface area contributed by atoms with Gasteiger partial charge in [0.1, 0.15) is 23.0 Å². The van der Waals surface area contributed by atoms with Crippen molar-refractivity contribution < 1.29 is 9.47 Å². The molecule has 0 spiro atoms. The van der Waals surface area contributed by atoms with Gasteiger partial charge in [-0.1, -0.05) is 51.5 Å². The average molecular weight is 563 g/mol. The number of aryl methyl sites for hydroxylation is 4. The molecular weight excluding hydrogens is 516 g/mol. The third-order valence-corrected chi connectivity index (χ3v) is 9.23. The molecule has 4 N–H and O–H groups in total. The normalized spacial score (nSPS) is 18.2. The second kappa shape index (κ2) is 11.8. The number of nitrogens with two attached hydrogens (primary N) is 2. The highest BCUT2D eigenvalue weighted by Crippen LogP contribution is 2.55. The van der Waals surface area contributed by atoms with E-state index in [0.717, 1.165) is 63.0 Å². The first-order valence-electron chi connectivity index (χ1n) is 15.3. The highest BCUT2D eigenvalue weighted by molar-refractivity contribution is 5.55. The molecule has 2 atom stereocenters. The maximum absolute atomic E-state index is 6.41. The first-order chi connectivity index (χ1) is 20.0. The largest absolute Gasteiger partial charge is 0.457 e. The van der Waals surface area contributed by atoms with Gasteiger partial charge >= 0.3 is 0 Å². The minimum Gasteiger partial charge on any atom is -0.457 e. The van der Waals surface area contributed by atoms with E-state index in [1.165, 1.54) is 24.0 Å². The summed E-state index contributed by atoms with van der Waals surface area (Å²) in [4.78, 5) is 0. The Kier molecular flexibility index (Phi) is 8.28. The van der Waals surface area contributed by atoms with Gasteiger partial charge in [-0.25, -0.2) is 0 Å². The van der Waals surface area contributed by atoms with Crippen molar-refractivity contribution in [2.45, 2.75) is 73.1 Å². The molecule has 2 unspecified atom stereocenters. The van der Waals surface area contributed by atoms with Crippen LogP contribution in [0.4, 0.5) is 11.4 Å². The van der Waals surface area contributed by atoms with Crippen LogP contribution in [0.15, 0.2) is 72.8 Å². The number of benzene rings is 4. The van der Waals surface area contributed by atoms with E-state index in [-0.39, 0.29) is 5.41 Å². The molecule has 4 aromatic rings. The molecule has 1 saturated carbocycles. The maximum Gasteiger partial charge on any atom is 0.133 e. The first kappa shape index (κ1) is 29.6. The van der Waals surface area contributed by atoms with Crippen molar-refractivity contribution in [3.8, 4) is 23.0 Å². The Morgan fingerprint density at radius 3 is 1.38 bits per heavy atom. The van der Waals surface area contributed by atoms with Gasteiger partial charge in [-0.15, -0.1) is 0 Å². The summed E-state index contributed by atoms with van der Waals surface area (Å²) in [5.74, 6) is 5.11. The highest BCUT2D eigenvalue weighted by atomic mass is 16.5. The molecule has 0 aromatic heterocycles. The van der Waals surface area contributed by atoms with Crippen LogP contribution in [0.3, 0.4) is 0 Å². The van der Waals surface area contributed by atoms with Gasteiger partial charge < -0.3 is 20.9 Å². The minimum atomic E-state index is -0.115. The fourth-order valence-electron chi connectivity index (χ4n) is 7.29. The second-order valence-electron chi connectivity index (χ2n) is 12.9. The Hall–Kier alpha value is -3.92. The summed E-state index contributed by atoms with van der Waals surface area (Å²) in [5, 5.41) is 0. The number of nitrogen functional groups attached to an aromatic ring is 2. The van der Waals surface area contributed by atoms with Gasteiger partial charge in [-0.05, 0) is 140 Å². The lowest BCUT2D eigenvalue weighted by molar-refractivity contribution is 0.135. The van der Waals surface area contributed by atoms with Crippen molar-refractivity contribution in [1.29, 1.82) is 0 Å². The Morgan fingerprint density at radius 1 is 0.643 bits per heavy atom. The van der Waals surface area contributed by atoms with Gasteiger partial charge in [-0.3, -0.25) is 0 Å². The van der Waals surface area contributed by atoms with Crippen LogP contribution in [-0.4, -0.2) is 0 Å². The third-order valence-electron chi connectivity index (χ3n) is 9.23. The van der Waals surface area contributed by atoms with Crippen molar-refractivity contribution in [2.24, 2.45) is 17.8 Å². The van der Waals surface area contributed by atoms with Crippen LogP contribution in [-0.2, 0) is 5.41 Å². The van der Waals surface area contributed by atoms with Crippen molar-refractivity contribution in [3.05, 3.63) is 106 Å². The molecule has 0 heterocycles. The Balaban J connectivity index is 1.63. The highest BCUT2D eigenvalue weighted by Gasteiger charge is 2.47. The van der Waals surface area contributed by atoms with Crippen LogP contribution >= 0.6 is 0 Å². The third kappa shape index (κ3) is 5.72. The molecule has 4 aromatic carbocycles. The molecule has 220 valence electrons. The van der Waals surface area contributed by atoms with Crippen LogP contribution in [0.5, 0.6) is 23.0 Å². The van der Waals surface area contributed by atoms with E-state index in [1.54, 1.807) is 0 Å². The molecule has 0 bridgehead atoms. The molecule has 4 heteroatoms. The first-order valence-corrected chi connectivity index (χ1v) is 15.3. The summed E-state index contributed by atoms with van der Waals surface area (Å²) in [6.45, 7) is 15.9. The van der Waals surface area contributed by atoms with Crippen LogP contribution in [0, 0.1) is 45.4 Å². The molecule has 0 aliphatic heterocycles. The van der Waals surface area contributed by atoms with Gasteiger partial charge in [0.05, 0.1) is 0 Å². The summed E-state index contributed by atoms with van der Waals surface area (Å²) in [6, 6.07) is 24.8. The summed E-state index contributed by atoms with van der Waals surface area (Å²) in [5.41, 5.74) is 20.5. The van der Waals surface area contributed by atoms with Crippen molar-refractivity contribution in [3.63, 3.8) is 0 Å². The molecule has 0 amide bonds. The minimum absolute atomic E-state index is 0.115. The smallest absolute Gasteiger partial charge is 0.133 e. The molecule has 42 heavy (non-hydrogen) atoms. The van der Waals surface area contributed by atoms with Gasteiger partial charge in [0.15, 0.2) is 0 Å². The lowest BCUT2D eigenvalue weighted by Crippen LogP contribution is -2.44. The quantitative estimate of drug-likeness (QED) is 0.220. The van der Waals surface area contributed by atoms with Gasteiger partial charge in [0.25, 0.3) is 0 Å². The summed E-state index contributed by atoms with van der Waals surface area (Å²) >= 11 is 0. The standard InChI is InChI=1S/C38H46N2O2/c1-23(2)35-17-8-24(3)22-38(35,29-18-25(4)36(26(5)19-29)41-33-13-9-31(39)10-14-33)30-20-27(6)37(28(7)21-30)42-34-15-11-32(40)12-16-34/h9-16,18-21,23-24,35H,8,17,22,39-40H2,1-7H3. The number of anilines is 2. The summed E-state index contributed by atoms with van der Waals surface area (Å²) in [7, 11) is 0. The fraction of sp³-hybridized carbons (Fsp3) is 0.368. The van der Waals surface area contributed by atoms with Crippen molar-refractivity contribution in [1.82, 2.24) is 0 Å². The fourth-order valence-corrected chi connectivity index (χ4v) is 7.29. The van der Waals surface area contributed by atoms with Gasteiger partial charge in [-0.2, -0.15) is 0 Å². The zero-order valence-corrected chi connectivity index (χ0v) is 26.3. The lowest BCUT2D eigenvalue weighted by atomic mass is 9.54. The topological polar surface area (TPSA) is 70.5 Å². The van der Waals surface area contributed by atoms with Crippen molar-refractivity contribution in [2.75, 3.05) is 11.5 Å². The number of rotatable bonds is 7. The summed E-state index contributed by atoms with van der Waals surface area (Å²) in [6.07, 6.45) is 3.59. The second-order valence-corrected chi connectivity index (χ2v) is 12.9. The molecule has 1 aliphatic rings. The summed E-state index contributed by atoms with van der Waals surface area (Å²) < 4.78 is 12.8. The zero-order valence-electron chi connectivity index (χ0n) is 26.3. The van der Waals surface area contributed by atoms with E-state index >= 15 is 0 Å². The Bertz CT molecular complexity index is 1400. The molecule has 0 saturated heterocycles. The van der Waals surface area contributed by atoms with E-state index in [9.17, 15) is 0 Å². The van der Waals surface area contributed by atoms with Gasteiger partial charge in [0, 0.05) is 16.8 Å². The van der Waals surface area contributed by atoms with Crippen LogP contribution in [0.1, 0.15) is 73.4 Å². The number of hydrogen-bond acceptors (Lipinski definition) is 4. The van der Waals surface area contributed by atoms with Gasteiger partial charge in [0.2, 0.25) is 0 Å². The Morgan fingerprint density at radius 2 is 1.02 bits per heavy atom. The van der Waals surface area contributed by atoms with E-state index in [2.05, 4.69) is 72.7 Å². The van der Waals surface area contributed by atoms with E-state index < -0.39 is 0 Å². The molecule has 0 radical (unpaired) electrons. The number of ether oxygens (including phenoxy) is 2. The number of hydrogen-bond donors (Lipinski definition) is 2.